The number of hydrogen-bond acceptors (Lipinski definition) is 5. The highest BCUT2D eigenvalue weighted by atomic mass is 15.3. The molecule has 8 rings (SSSR count). The van der Waals surface area contributed by atoms with Gasteiger partial charge in [0.25, 0.3) is 0 Å². The van der Waals surface area contributed by atoms with E-state index in [1.165, 1.54) is 21.9 Å². The fourth-order valence-corrected chi connectivity index (χ4v) is 6.36. The van der Waals surface area contributed by atoms with Gasteiger partial charge in [-0.25, -0.2) is 0 Å². The molecule has 5 nitrogen and oxygen atoms in total. The van der Waals surface area contributed by atoms with Gasteiger partial charge in [0.2, 0.25) is 0 Å². The van der Waals surface area contributed by atoms with Gasteiger partial charge in [-0.05, 0) is 97.4 Å². The third-order valence-electron chi connectivity index (χ3n) is 8.51. The molecule has 0 amide bonds. The van der Waals surface area contributed by atoms with E-state index in [1.807, 2.05) is 60.9 Å². The molecule has 0 fully saturated rings. The summed E-state index contributed by atoms with van der Waals surface area (Å²) < 4.78 is 0. The quantitative estimate of drug-likeness (QED) is 0.113. The van der Waals surface area contributed by atoms with Crippen molar-refractivity contribution in [1.82, 2.24) is 9.97 Å². The van der Waals surface area contributed by atoms with Crippen molar-refractivity contribution in [3.8, 4) is 33.4 Å². The third kappa shape index (κ3) is 5.40. The highest BCUT2D eigenvalue weighted by Gasteiger charge is 2.19. The van der Waals surface area contributed by atoms with Crippen LogP contribution >= 0.6 is 0 Å². The summed E-state index contributed by atoms with van der Waals surface area (Å²) in [5.41, 5.74) is 13.5. The minimum absolute atomic E-state index is 0.339. The SMILES string of the molecule is N=C1C=C(c2c3ccccc3c(-c3ccccc3)c3ccccc23)C=C/C1=N/Nc1cc(-c2cccnc2)cc(-c2cccnc2)c1. The summed E-state index contributed by atoms with van der Waals surface area (Å²) in [6.45, 7) is 0. The highest BCUT2D eigenvalue weighted by Crippen LogP contribution is 2.42. The number of nitrogens with one attached hydrogen (secondary N) is 2. The van der Waals surface area contributed by atoms with Crippen molar-refractivity contribution in [2.45, 2.75) is 0 Å². The zero-order valence-corrected chi connectivity index (χ0v) is 25.4. The summed E-state index contributed by atoms with van der Waals surface area (Å²) in [4.78, 5) is 8.62. The van der Waals surface area contributed by atoms with Crippen molar-refractivity contribution < 1.29 is 0 Å². The predicted molar refractivity (Wildman–Crippen MR) is 196 cm³/mol. The minimum Gasteiger partial charge on any atom is -0.299 e. The number of aromatic nitrogens is 2. The van der Waals surface area contributed by atoms with Crippen LogP contribution in [-0.2, 0) is 0 Å². The Kier molecular flexibility index (Phi) is 7.25. The maximum absolute atomic E-state index is 9.02. The van der Waals surface area contributed by atoms with Crippen LogP contribution < -0.4 is 5.43 Å². The number of allylic oxidation sites excluding steroid dienone is 4. The van der Waals surface area contributed by atoms with Crippen molar-refractivity contribution in [1.29, 1.82) is 5.41 Å². The van der Waals surface area contributed by atoms with E-state index in [9.17, 15) is 0 Å². The molecule has 5 aromatic carbocycles. The maximum Gasteiger partial charge on any atom is 0.108 e. The van der Waals surface area contributed by atoms with Crippen LogP contribution in [0.4, 0.5) is 5.69 Å². The van der Waals surface area contributed by atoms with Crippen LogP contribution in [-0.4, -0.2) is 21.4 Å². The minimum atomic E-state index is 0.339. The van der Waals surface area contributed by atoms with E-state index in [1.54, 1.807) is 12.4 Å². The Hall–Kier alpha value is -6.46. The van der Waals surface area contributed by atoms with Crippen LogP contribution in [0, 0.1) is 5.41 Å². The van der Waals surface area contributed by atoms with Crippen LogP contribution in [0.1, 0.15) is 5.56 Å². The molecule has 0 spiro atoms. The maximum atomic E-state index is 9.02. The molecule has 0 saturated heterocycles. The van der Waals surface area contributed by atoms with Crippen LogP contribution in [0.25, 0.3) is 60.5 Å². The van der Waals surface area contributed by atoms with Crippen LogP contribution in [0.5, 0.6) is 0 Å². The van der Waals surface area contributed by atoms with Gasteiger partial charge in [0.1, 0.15) is 5.71 Å². The summed E-state index contributed by atoms with van der Waals surface area (Å²) in [6, 6.07) is 41.9. The lowest BCUT2D eigenvalue weighted by atomic mass is 9.84. The molecular formula is C42H29N5. The number of nitrogens with zero attached hydrogens (tertiary/aromatic N) is 3. The van der Waals surface area contributed by atoms with Crippen molar-refractivity contribution in [3.05, 3.63) is 170 Å². The number of hydrazone groups is 1. The molecule has 2 aromatic heterocycles. The van der Waals surface area contributed by atoms with Crippen LogP contribution in [0.15, 0.2) is 169 Å². The Morgan fingerprint density at radius 2 is 1.04 bits per heavy atom. The largest absolute Gasteiger partial charge is 0.299 e. The van der Waals surface area contributed by atoms with Gasteiger partial charge in [0, 0.05) is 35.9 Å². The second-order valence-electron chi connectivity index (χ2n) is 11.4. The van der Waals surface area contributed by atoms with E-state index >= 15 is 0 Å². The Balaban J connectivity index is 1.17. The first-order valence-corrected chi connectivity index (χ1v) is 15.5. The van der Waals surface area contributed by atoms with E-state index < -0.39 is 0 Å². The van der Waals surface area contributed by atoms with E-state index in [0.29, 0.717) is 11.4 Å². The average Bonchev–Trinajstić information content (AvgIpc) is 3.14. The van der Waals surface area contributed by atoms with Gasteiger partial charge in [0.15, 0.2) is 0 Å². The molecule has 2 heterocycles. The van der Waals surface area contributed by atoms with Crippen molar-refractivity contribution in [2.24, 2.45) is 5.10 Å². The molecule has 2 N–H and O–H groups in total. The molecule has 7 aromatic rings. The topological polar surface area (TPSA) is 74.0 Å². The molecule has 0 saturated carbocycles. The van der Waals surface area contributed by atoms with Gasteiger partial charge in [-0.1, -0.05) is 97.1 Å². The summed E-state index contributed by atoms with van der Waals surface area (Å²) >= 11 is 0. The molecule has 1 aliphatic rings. The standard InChI is InChI=1S/C42H29N5/c43-39-25-29(42-37-16-6-4-14-35(37)41(28-10-2-1-3-11-28)36-15-5-7-17-38(36)42)18-19-40(39)47-46-34-23-32(30-12-8-20-44-26-30)22-33(24-34)31-13-9-21-45-27-31/h1-27,43,46H/b43-39?,47-40-. The molecule has 0 unspecified atom stereocenters. The van der Waals surface area contributed by atoms with E-state index in [0.717, 1.165) is 49.9 Å². The second-order valence-corrected chi connectivity index (χ2v) is 11.4. The number of benzene rings is 5. The lowest BCUT2D eigenvalue weighted by Crippen LogP contribution is -2.14. The summed E-state index contributed by atoms with van der Waals surface area (Å²) in [7, 11) is 0. The van der Waals surface area contributed by atoms with E-state index in [4.69, 9.17) is 10.5 Å². The third-order valence-corrected chi connectivity index (χ3v) is 8.51. The predicted octanol–water partition coefficient (Wildman–Crippen LogP) is 10.2. The van der Waals surface area contributed by atoms with Crippen molar-refractivity contribution in [3.63, 3.8) is 0 Å². The summed E-state index contributed by atoms with van der Waals surface area (Å²) in [5.74, 6) is 0. The molecule has 222 valence electrons. The smallest absolute Gasteiger partial charge is 0.108 e. The fourth-order valence-electron chi connectivity index (χ4n) is 6.36. The van der Waals surface area contributed by atoms with Gasteiger partial charge in [-0.3, -0.25) is 20.8 Å². The zero-order chi connectivity index (χ0) is 31.6. The molecule has 0 radical (unpaired) electrons. The van der Waals surface area contributed by atoms with Crippen molar-refractivity contribution >= 4 is 44.2 Å². The van der Waals surface area contributed by atoms with E-state index in [-0.39, 0.29) is 0 Å². The van der Waals surface area contributed by atoms with Gasteiger partial charge in [-0.15, -0.1) is 0 Å². The van der Waals surface area contributed by atoms with Crippen LogP contribution in [0.2, 0.25) is 0 Å². The summed E-state index contributed by atoms with van der Waals surface area (Å²) in [5, 5.41) is 18.4. The van der Waals surface area contributed by atoms with Crippen LogP contribution in [0.3, 0.4) is 0 Å². The number of rotatable bonds is 6. The first-order chi connectivity index (χ1) is 23.2. The average molecular weight is 604 g/mol. The first-order valence-electron chi connectivity index (χ1n) is 15.5. The molecule has 47 heavy (non-hydrogen) atoms. The lowest BCUT2D eigenvalue weighted by molar-refractivity contribution is 1.31. The van der Waals surface area contributed by atoms with Gasteiger partial charge in [0.05, 0.1) is 11.4 Å². The number of hydrogen-bond donors (Lipinski definition) is 2. The molecule has 5 heteroatoms. The number of pyridine rings is 2. The summed E-state index contributed by atoms with van der Waals surface area (Å²) in [6.07, 6.45) is 13.2. The Labute approximate surface area is 272 Å². The molecular weight excluding hydrogens is 574 g/mol. The molecule has 0 aliphatic heterocycles. The van der Waals surface area contributed by atoms with Gasteiger partial charge >= 0.3 is 0 Å². The van der Waals surface area contributed by atoms with Gasteiger partial charge in [-0.2, -0.15) is 5.10 Å². The number of anilines is 1. The Morgan fingerprint density at radius 1 is 0.511 bits per heavy atom. The highest BCUT2D eigenvalue weighted by molar-refractivity contribution is 6.52. The molecule has 0 atom stereocenters. The fraction of sp³-hybridized carbons (Fsp3) is 0. The normalized spacial score (nSPS) is 13.7. The monoisotopic (exact) mass is 603 g/mol. The van der Waals surface area contributed by atoms with E-state index in [2.05, 4.69) is 106 Å². The zero-order valence-electron chi connectivity index (χ0n) is 25.4. The number of fused-ring (bicyclic) bond motifs is 2. The Bertz CT molecular complexity index is 2260. The van der Waals surface area contributed by atoms with Crippen molar-refractivity contribution in [2.75, 3.05) is 5.43 Å². The van der Waals surface area contributed by atoms with Gasteiger partial charge < -0.3 is 0 Å². The lowest BCUT2D eigenvalue weighted by Gasteiger charge is -2.19. The second kappa shape index (κ2) is 12.1. The molecule has 1 aliphatic carbocycles. The molecule has 0 bridgehead atoms. The Morgan fingerprint density at radius 3 is 1.57 bits per heavy atom. The first kappa shape index (κ1) is 28.0.